The number of thiazole rings is 1. The van der Waals surface area contributed by atoms with Gasteiger partial charge in [0.15, 0.2) is 5.13 Å². The summed E-state index contributed by atoms with van der Waals surface area (Å²) in [5, 5.41) is 0.794. The second-order valence-electron chi connectivity index (χ2n) is 8.33. The number of fused-ring (bicyclic) bond motifs is 1. The molecule has 0 atom stereocenters. The van der Waals surface area contributed by atoms with Crippen molar-refractivity contribution in [1.29, 1.82) is 0 Å². The molecular formula is C24H32ClN3OS. The fourth-order valence-electron chi connectivity index (χ4n) is 3.84. The maximum Gasteiger partial charge on any atom is 0.233 e. The number of likely N-dealkylation sites (N-methyl/N-ethyl adjacent to an activating group) is 1. The van der Waals surface area contributed by atoms with E-state index in [-0.39, 0.29) is 18.3 Å². The summed E-state index contributed by atoms with van der Waals surface area (Å²) >= 11 is 1.61. The number of aromatic nitrogens is 1. The van der Waals surface area contributed by atoms with E-state index in [0.29, 0.717) is 13.0 Å². The van der Waals surface area contributed by atoms with E-state index >= 15 is 0 Å². The highest BCUT2D eigenvalue weighted by Gasteiger charge is 2.22. The minimum Gasteiger partial charge on any atom is -0.308 e. The van der Waals surface area contributed by atoms with E-state index in [9.17, 15) is 4.79 Å². The lowest BCUT2D eigenvalue weighted by Crippen LogP contribution is -2.37. The van der Waals surface area contributed by atoms with Crippen LogP contribution in [0.15, 0.2) is 24.3 Å². The molecule has 3 aromatic rings. The molecule has 0 N–H and O–H groups in total. The first-order chi connectivity index (χ1) is 13.7. The first kappa shape index (κ1) is 24.3. The highest BCUT2D eigenvalue weighted by atomic mass is 35.5. The fraction of sp³-hybridized carbons (Fsp3) is 0.417. The van der Waals surface area contributed by atoms with Crippen molar-refractivity contribution >= 4 is 45.0 Å². The van der Waals surface area contributed by atoms with Gasteiger partial charge in [-0.15, -0.1) is 12.4 Å². The summed E-state index contributed by atoms with van der Waals surface area (Å²) in [7, 11) is 4.06. The number of rotatable bonds is 6. The number of hydrogen-bond acceptors (Lipinski definition) is 4. The Morgan fingerprint density at radius 3 is 2.07 bits per heavy atom. The first-order valence-electron chi connectivity index (χ1n) is 10.1. The third-order valence-corrected chi connectivity index (χ3v) is 6.32. The summed E-state index contributed by atoms with van der Waals surface area (Å²) in [4.78, 5) is 22.3. The van der Waals surface area contributed by atoms with E-state index in [2.05, 4.69) is 63.8 Å². The van der Waals surface area contributed by atoms with E-state index in [4.69, 9.17) is 4.98 Å². The monoisotopic (exact) mass is 445 g/mol. The lowest BCUT2D eigenvalue weighted by atomic mass is 9.97. The summed E-state index contributed by atoms with van der Waals surface area (Å²) in [5.74, 6) is 0.107. The van der Waals surface area contributed by atoms with E-state index in [1.165, 1.54) is 22.3 Å². The van der Waals surface area contributed by atoms with Crippen molar-refractivity contribution < 1.29 is 4.79 Å². The molecule has 0 radical (unpaired) electrons. The molecule has 0 spiro atoms. The molecule has 6 heteroatoms. The smallest absolute Gasteiger partial charge is 0.233 e. The average Bonchev–Trinajstić information content (AvgIpc) is 3.01. The van der Waals surface area contributed by atoms with Gasteiger partial charge in [0, 0.05) is 13.1 Å². The van der Waals surface area contributed by atoms with Gasteiger partial charge < -0.3 is 4.90 Å². The number of aryl methyl sites for hydroxylation is 5. The summed E-state index contributed by atoms with van der Waals surface area (Å²) in [6.45, 7) is 11.9. The molecule has 0 bridgehead atoms. The molecule has 0 aliphatic carbocycles. The number of benzene rings is 2. The van der Waals surface area contributed by atoms with Crippen molar-refractivity contribution in [2.75, 3.05) is 32.1 Å². The van der Waals surface area contributed by atoms with Gasteiger partial charge in [-0.25, -0.2) is 4.98 Å². The van der Waals surface area contributed by atoms with Crippen LogP contribution in [0.25, 0.3) is 10.2 Å². The van der Waals surface area contributed by atoms with Crippen LogP contribution in [0.5, 0.6) is 0 Å². The average molecular weight is 446 g/mol. The number of anilines is 1. The second-order valence-corrected chi connectivity index (χ2v) is 9.34. The van der Waals surface area contributed by atoms with Crippen LogP contribution in [0.1, 0.15) is 33.4 Å². The van der Waals surface area contributed by atoms with Gasteiger partial charge in [0.1, 0.15) is 0 Å². The minimum atomic E-state index is 0. The molecule has 162 valence electrons. The lowest BCUT2D eigenvalue weighted by molar-refractivity contribution is -0.118. The van der Waals surface area contributed by atoms with Crippen molar-refractivity contribution in [3.05, 3.63) is 57.6 Å². The molecule has 0 saturated heterocycles. The normalized spacial score (nSPS) is 11.1. The van der Waals surface area contributed by atoms with Gasteiger partial charge in [-0.2, -0.15) is 0 Å². The van der Waals surface area contributed by atoms with E-state index in [0.717, 1.165) is 33.0 Å². The molecule has 0 saturated carbocycles. The molecule has 0 unspecified atom stereocenters. The van der Waals surface area contributed by atoms with Crippen molar-refractivity contribution in [3.63, 3.8) is 0 Å². The van der Waals surface area contributed by atoms with Crippen LogP contribution in [0.2, 0.25) is 0 Å². The highest BCUT2D eigenvalue weighted by Crippen LogP contribution is 2.32. The lowest BCUT2D eigenvalue weighted by Gasteiger charge is -2.23. The highest BCUT2D eigenvalue weighted by molar-refractivity contribution is 7.22. The minimum absolute atomic E-state index is 0. The summed E-state index contributed by atoms with van der Waals surface area (Å²) in [6.07, 6.45) is 0.402. The summed E-state index contributed by atoms with van der Waals surface area (Å²) in [5.41, 5.74) is 8.11. The number of halogens is 1. The molecule has 3 rings (SSSR count). The molecule has 0 aliphatic heterocycles. The van der Waals surface area contributed by atoms with Crippen molar-refractivity contribution in [3.8, 4) is 0 Å². The standard InChI is InChI=1S/C24H31N3OS.ClH/c1-15-10-17(3)20(18(4)11-15)14-22(28)27(9-8-26(6)7)24-25-23-19(5)12-16(2)13-21(23)29-24;/h10-13H,8-9,14H2,1-7H3;1H. The van der Waals surface area contributed by atoms with Gasteiger partial charge in [-0.3, -0.25) is 9.69 Å². The number of amides is 1. The van der Waals surface area contributed by atoms with Crippen LogP contribution in [-0.2, 0) is 11.2 Å². The van der Waals surface area contributed by atoms with E-state index in [1.54, 1.807) is 11.3 Å². The molecule has 4 nitrogen and oxygen atoms in total. The van der Waals surface area contributed by atoms with Gasteiger partial charge in [0.05, 0.1) is 16.6 Å². The predicted molar refractivity (Wildman–Crippen MR) is 132 cm³/mol. The Hall–Kier alpha value is -1.95. The Kier molecular flexibility index (Phi) is 8.03. The number of nitrogens with zero attached hydrogens (tertiary/aromatic N) is 3. The molecule has 1 aromatic heterocycles. The number of carbonyl (C=O) groups is 1. The Balaban J connectivity index is 0.00000320. The first-order valence-corrected chi connectivity index (χ1v) is 10.9. The number of carbonyl (C=O) groups excluding carboxylic acids is 1. The van der Waals surface area contributed by atoms with Crippen LogP contribution >= 0.6 is 23.7 Å². The maximum absolute atomic E-state index is 13.4. The third-order valence-electron chi connectivity index (χ3n) is 5.29. The van der Waals surface area contributed by atoms with Crippen molar-refractivity contribution in [2.45, 2.75) is 41.0 Å². The zero-order chi connectivity index (χ0) is 21.3. The van der Waals surface area contributed by atoms with Gasteiger partial charge in [0.25, 0.3) is 0 Å². The maximum atomic E-state index is 13.4. The molecule has 0 aliphatic rings. The van der Waals surface area contributed by atoms with Gasteiger partial charge in [-0.05, 0) is 82.6 Å². The van der Waals surface area contributed by atoms with E-state index in [1.807, 2.05) is 19.0 Å². The molecule has 1 amide bonds. The van der Waals surface area contributed by atoms with Crippen LogP contribution in [0, 0.1) is 34.6 Å². The van der Waals surface area contributed by atoms with Crippen LogP contribution in [-0.4, -0.2) is 43.0 Å². The molecular weight excluding hydrogens is 414 g/mol. The Morgan fingerprint density at radius 1 is 0.900 bits per heavy atom. The zero-order valence-electron chi connectivity index (χ0n) is 19.0. The van der Waals surface area contributed by atoms with Crippen LogP contribution in [0.4, 0.5) is 5.13 Å². The van der Waals surface area contributed by atoms with Gasteiger partial charge in [0.2, 0.25) is 5.91 Å². The SMILES string of the molecule is Cc1cc(C)c(CC(=O)N(CCN(C)C)c2nc3c(C)cc(C)cc3s2)c(C)c1.Cl. The summed E-state index contributed by atoms with van der Waals surface area (Å²) < 4.78 is 1.14. The molecule has 1 heterocycles. The van der Waals surface area contributed by atoms with Crippen molar-refractivity contribution in [1.82, 2.24) is 9.88 Å². The quantitative estimate of drug-likeness (QED) is 0.509. The topological polar surface area (TPSA) is 36.4 Å². The predicted octanol–water partition coefficient (Wildman–Crippen LogP) is 5.40. The van der Waals surface area contributed by atoms with Crippen LogP contribution < -0.4 is 4.90 Å². The fourth-order valence-corrected chi connectivity index (χ4v) is 5.02. The van der Waals surface area contributed by atoms with Gasteiger partial charge in [-0.1, -0.05) is 35.1 Å². The third kappa shape index (κ3) is 5.39. The molecule has 2 aromatic carbocycles. The van der Waals surface area contributed by atoms with Crippen LogP contribution in [0.3, 0.4) is 0 Å². The number of hydrogen-bond donors (Lipinski definition) is 0. The zero-order valence-corrected chi connectivity index (χ0v) is 20.6. The largest absolute Gasteiger partial charge is 0.308 e. The Labute approximate surface area is 190 Å². The van der Waals surface area contributed by atoms with Gasteiger partial charge >= 0.3 is 0 Å². The van der Waals surface area contributed by atoms with Crippen molar-refractivity contribution in [2.24, 2.45) is 0 Å². The Bertz CT molecular complexity index is 1040. The Morgan fingerprint density at radius 2 is 1.47 bits per heavy atom. The summed E-state index contributed by atoms with van der Waals surface area (Å²) in [6, 6.07) is 8.62. The molecule has 0 fully saturated rings. The molecule has 30 heavy (non-hydrogen) atoms. The second kappa shape index (κ2) is 9.90. The van der Waals surface area contributed by atoms with E-state index < -0.39 is 0 Å².